The van der Waals surface area contributed by atoms with Gasteiger partial charge in [0.25, 0.3) is 5.56 Å². The highest BCUT2D eigenvalue weighted by Crippen LogP contribution is 2.24. The lowest BCUT2D eigenvalue weighted by atomic mass is 10.1. The fourth-order valence-electron chi connectivity index (χ4n) is 3.20. The smallest absolute Gasteiger partial charge is 0.265 e. The normalized spacial score (nSPS) is 13.4. The van der Waals surface area contributed by atoms with Crippen LogP contribution >= 0.6 is 0 Å². The second-order valence-electron chi connectivity index (χ2n) is 6.68. The summed E-state index contributed by atoms with van der Waals surface area (Å²) in [4.78, 5) is 12.1. The molecule has 5 heteroatoms. The Bertz CT molecular complexity index is 1120. The molecule has 146 valence electrons. The van der Waals surface area contributed by atoms with E-state index >= 15 is 0 Å². The summed E-state index contributed by atoms with van der Waals surface area (Å²) in [6.45, 7) is 0.515. The van der Waals surface area contributed by atoms with Crippen LogP contribution in [-0.2, 0) is 11.3 Å². The summed E-state index contributed by atoms with van der Waals surface area (Å²) in [6, 6.07) is 19.2. The van der Waals surface area contributed by atoms with E-state index in [1.807, 2.05) is 78.9 Å². The average Bonchev–Trinajstić information content (AvgIpc) is 3.00. The molecular weight excluding hydrogens is 364 g/mol. The maximum atomic E-state index is 12.1. The zero-order valence-corrected chi connectivity index (χ0v) is 16.2. The molecule has 1 heterocycles. The molecule has 1 N–H and O–H groups in total. The van der Waals surface area contributed by atoms with Crippen molar-refractivity contribution in [2.45, 2.75) is 13.0 Å². The molecule has 3 aromatic rings. The molecule has 0 radical (unpaired) electrons. The molecule has 0 bridgehead atoms. The van der Waals surface area contributed by atoms with Crippen molar-refractivity contribution in [1.29, 1.82) is 0 Å². The number of allylic oxidation sites excluding steroid dienone is 5. The van der Waals surface area contributed by atoms with Crippen molar-refractivity contribution in [2.75, 3.05) is 7.11 Å². The van der Waals surface area contributed by atoms with Crippen LogP contribution in [0.5, 0.6) is 5.75 Å². The van der Waals surface area contributed by atoms with Crippen LogP contribution in [0.2, 0.25) is 0 Å². The average molecular weight is 386 g/mol. The van der Waals surface area contributed by atoms with E-state index in [0.717, 1.165) is 34.0 Å². The molecule has 0 aliphatic heterocycles. The minimum Gasteiger partial charge on any atom is -0.497 e. The fourth-order valence-corrected chi connectivity index (χ4v) is 3.20. The van der Waals surface area contributed by atoms with Crippen molar-refractivity contribution in [3.63, 3.8) is 0 Å². The van der Waals surface area contributed by atoms with Crippen molar-refractivity contribution in [3.05, 3.63) is 112 Å². The van der Waals surface area contributed by atoms with Crippen molar-refractivity contribution in [2.24, 2.45) is 0 Å². The van der Waals surface area contributed by atoms with Crippen molar-refractivity contribution < 1.29 is 9.47 Å². The largest absolute Gasteiger partial charge is 0.497 e. The van der Waals surface area contributed by atoms with Crippen molar-refractivity contribution in [1.82, 2.24) is 9.78 Å². The summed E-state index contributed by atoms with van der Waals surface area (Å²) in [5.41, 5.74) is 3.68. The summed E-state index contributed by atoms with van der Waals surface area (Å²) in [7, 11) is 1.63. The van der Waals surface area contributed by atoms with E-state index in [1.165, 1.54) is 0 Å². The van der Waals surface area contributed by atoms with Crippen LogP contribution in [-0.4, -0.2) is 16.9 Å². The first-order chi connectivity index (χ1) is 14.2. The lowest BCUT2D eigenvalue weighted by molar-refractivity contribution is 0.211. The Morgan fingerprint density at radius 2 is 1.83 bits per heavy atom. The maximum Gasteiger partial charge on any atom is 0.265 e. The summed E-state index contributed by atoms with van der Waals surface area (Å²) >= 11 is 0. The van der Waals surface area contributed by atoms with Gasteiger partial charge in [0.2, 0.25) is 0 Å². The number of nitrogens with zero attached hydrogens (tertiary/aromatic N) is 1. The number of nitrogens with one attached hydrogen (secondary N) is 1. The number of hydrogen-bond acceptors (Lipinski definition) is 3. The second kappa shape index (κ2) is 8.52. The van der Waals surface area contributed by atoms with Gasteiger partial charge in [-0.2, -0.15) is 0 Å². The molecule has 1 aliphatic rings. The highest BCUT2D eigenvalue weighted by atomic mass is 16.5. The van der Waals surface area contributed by atoms with Gasteiger partial charge in [0.15, 0.2) is 0 Å². The van der Waals surface area contributed by atoms with E-state index < -0.39 is 0 Å². The quantitative estimate of drug-likeness (QED) is 0.673. The first-order valence-electron chi connectivity index (χ1n) is 9.44. The van der Waals surface area contributed by atoms with Gasteiger partial charge < -0.3 is 9.47 Å². The molecule has 5 nitrogen and oxygen atoms in total. The van der Waals surface area contributed by atoms with E-state index in [0.29, 0.717) is 13.0 Å². The lowest BCUT2D eigenvalue weighted by Gasteiger charge is -2.10. The summed E-state index contributed by atoms with van der Waals surface area (Å²) in [5, 5.41) is 2.88. The molecule has 29 heavy (non-hydrogen) atoms. The molecule has 0 amide bonds. The van der Waals surface area contributed by atoms with E-state index in [4.69, 9.17) is 9.47 Å². The minimum absolute atomic E-state index is 0.144. The molecule has 4 rings (SSSR count). The van der Waals surface area contributed by atoms with Crippen LogP contribution in [0.4, 0.5) is 0 Å². The zero-order chi connectivity index (χ0) is 20.1. The Morgan fingerprint density at radius 3 is 2.59 bits per heavy atom. The predicted octanol–water partition coefficient (Wildman–Crippen LogP) is 4.62. The number of hydrogen-bond donors (Lipinski definition) is 1. The van der Waals surface area contributed by atoms with Gasteiger partial charge in [-0.15, -0.1) is 0 Å². The maximum absolute atomic E-state index is 12.1. The van der Waals surface area contributed by atoms with E-state index in [9.17, 15) is 4.79 Å². The first kappa shape index (κ1) is 18.6. The SMILES string of the molecule is COc1ccc(-n2[nH]c(=O)cc2C2=CC=C(OCc3ccccc3)C=CC2)cc1. The van der Waals surface area contributed by atoms with Crippen LogP contribution in [0.15, 0.2) is 95.5 Å². The lowest BCUT2D eigenvalue weighted by Crippen LogP contribution is -2.05. The van der Waals surface area contributed by atoms with Crippen LogP contribution < -0.4 is 10.3 Å². The Kier molecular flexibility index (Phi) is 5.47. The Morgan fingerprint density at radius 1 is 1.03 bits per heavy atom. The van der Waals surface area contributed by atoms with Gasteiger partial charge in [0.1, 0.15) is 18.1 Å². The third kappa shape index (κ3) is 4.41. The van der Waals surface area contributed by atoms with E-state index in [-0.39, 0.29) is 5.56 Å². The van der Waals surface area contributed by atoms with E-state index in [1.54, 1.807) is 17.9 Å². The molecule has 0 spiro atoms. The van der Waals surface area contributed by atoms with Gasteiger partial charge in [-0.3, -0.25) is 14.6 Å². The van der Waals surface area contributed by atoms with Crippen LogP contribution in [0.1, 0.15) is 17.7 Å². The number of aromatic nitrogens is 2. The molecule has 0 saturated heterocycles. The summed E-state index contributed by atoms with van der Waals surface area (Å²) < 4.78 is 12.9. The number of aromatic amines is 1. The molecule has 0 fully saturated rings. The third-order valence-electron chi connectivity index (χ3n) is 4.71. The van der Waals surface area contributed by atoms with Gasteiger partial charge >= 0.3 is 0 Å². The molecule has 2 aromatic carbocycles. The summed E-state index contributed by atoms with van der Waals surface area (Å²) in [5.74, 6) is 1.56. The number of rotatable bonds is 6. The van der Waals surface area contributed by atoms with Crippen LogP contribution in [0, 0.1) is 0 Å². The molecule has 1 aliphatic carbocycles. The monoisotopic (exact) mass is 386 g/mol. The van der Waals surface area contributed by atoms with Crippen molar-refractivity contribution >= 4 is 5.57 Å². The third-order valence-corrected chi connectivity index (χ3v) is 4.71. The van der Waals surface area contributed by atoms with E-state index in [2.05, 4.69) is 5.10 Å². The molecule has 0 atom stereocenters. The minimum atomic E-state index is -0.144. The highest BCUT2D eigenvalue weighted by Gasteiger charge is 2.12. The molecule has 0 unspecified atom stereocenters. The number of H-pyrrole nitrogens is 1. The topological polar surface area (TPSA) is 56.2 Å². The van der Waals surface area contributed by atoms with Gasteiger partial charge in [0, 0.05) is 6.07 Å². The number of methoxy groups -OCH3 is 1. The Balaban J connectivity index is 1.58. The van der Waals surface area contributed by atoms with Gasteiger partial charge in [0.05, 0.1) is 18.5 Å². The molecular formula is C24H22N2O3. The van der Waals surface area contributed by atoms with Gasteiger partial charge in [-0.05, 0) is 54.0 Å². The zero-order valence-electron chi connectivity index (χ0n) is 16.2. The van der Waals surface area contributed by atoms with Crippen LogP contribution in [0.3, 0.4) is 0 Å². The highest BCUT2D eigenvalue weighted by molar-refractivity contribution is 5.68. The predicted molar refractivity (Wildman–Crippen MR) is 114 cm³/mol. The first-order valence-corrected chi connectivity index (χ1v) is 9.44. The summed E-state index contributed by atoms with van der Waals surface area (Å²) in [6.07, 6.45) is 8.66. The number of benzene rings is 2. The fraction of sp³-hybridized carbons (Fsp3) is 0.125. The molecule has 1 aromatic heterocycles. The second-order valence-corrected chi connectivity index (χ2v) is 6.68. The van der Waals surface area contributed by atoms with Crippen LogP contribution in [0.25, 0.3) is 11.3 Å². The Labute approximate surface area is 169 Å². The molecule has 0 saturated carbocycles. The number of ether oxygens (including phenoxy) is 2. The Hall–Kier alpha value is -3.73. The van der Waals surface area contributed by atoms with Gasteiger partial charge in [-0.25, -0.2) is 0 Å². The van der Waals surface area contributed by atoms with Crippen molar-refractivity contribution in [3.8, 4) is 11.4 Å². The standard InChI is InChI=1S/C24H22N2O3/c1-28-21-14-11-20(12-15-21)26-23(16-24(27)25-26)19-8-5-9-22(13-10-19)29-17-18-6-3-2-4-7-18/h2-7,9-16H,8,17H2,1H3,(H,25,27). The van der Waals surface area contributed by atoms with Gasteiger partial charge in [-0.1, -0.05) is 42.5 Å².